The summed E-state index contributed by atoms with van der Waals surface area (Å²) in [6.45, 7) is 2.27. The Labute approximate surface area is 195 Å². The molecular weight excluding hydrogens is 420 g/mol. The highest BCUT2D eigenvalue weighted by Crippen LogP contribution is 2.24. The largest absolute Gasteiger partial charge is 0.457 e. The molecule has 0 aliphatic heterocycles. The van der Waals surface area contributed by atoms with Crippen molar-refractivity contribution >= 4 is 10.1 Å². The number of hydrogen-bond donors (Lipinski definition) is 1. The summed E-state index contributed by atoms with van der Waals surface area (Å²) in [5, 5.41) is 0. The van der Waals surface area contributed by atoms with Crippen molar-refractivity contribution in [2.75, 3.05) is 0 Å². The number of unbranched alkanes of at least 4 members (excludes halogenated alkanes) is 12. The normalized spacial score (nSPS) is 11.6. The topological polar surface area (TPSA) is 63.6 Å². The molecule has 0 aliphatic rings. The highest BCUT2D eigenvalue weighted by molar-refractivity contribution is 7.85. The molecule has 2 aromatic carbocycles. The molecule has 0 spiro atoms. The van der Waals surface area contributed by atoms with Crippen LogP contribution in [0.3, 0.4) is 0 Å². The third kappa shape index (κ3) is 11.1. The van der Waals surface area contributed by atoms with Crippen LogP contribution < -0.4 is 4.74 Å². The van der Waals surface area contributed by atoms with Crippen LogP contribution >= 0.6 is 0 Å². The summed E-state index contributed by atoms with van der Waals surface area (Å²) in [5.41, 5.74) is 1.31. The molecule has 0 fully saturated rings. The number of benzene rings is 2. The SMILES string of the molecule is CCCCCCCCCCCCCCCc1ccc(Oc2ccc(S(=O)(=O)O)cc2)cc1. The number of hydrogen-bond acceptors (Lipinski definition) is 3. The average Bonchev–Trinajstić information content (AvgIpc) is 2.78. The lowest BCUT2D eigenvalue weighted by Crippen LogP contribution is -1.97. The van der Waals surface area contributed by atoms with Gasteiger partial charge in [-0.2, -0.15) is 8.42 Å². The van der Waals surface area contributed by atoms with Gasteiger partial charge in [-0.3, -0.25) is 4.55 Å². The van der Waals surface area contributed by atoms with E-state index in [1.165, 1.54) is 113 Å². The molecule has 0 heterocycles. The van der Waals surface area contributed by atoms with Gasteiger partial charge in [-0.05, 0) is 54.8 Å². The lowest BCUT2D eigenvalue weighted by molar-refractivity contribution is 0.478. The first-order valence-corrected chi connectivity index (χ1v) is 13.8. The van der Waals surface area contributed by atoms with Gasteiger partial charge in [-0.1, -0.05) is 96.1 Å². The van der Waals surface area contributed by atoms with Gasteiger partial charge in [-0.15, -0.1) is 0 Å². The summed E-state index contributed by atoms with van der Waals surface area (Å²) in [4.78, 5) is -0.141. The highest BCUT2D eigenvalue weighted by atomic mass is 32.2. The second-order valence-electron chi connectivity index (χ2n) is 8.69. The second kappa shape index (κ2) is 15.1. The molecule has 32 heavy (non-hydrogen) atoms. The van der Waals surface area contributed by atoms with Crippen LogP contribution in [-0.2, 0) is 16.5 Å². The van der Waals surface area contributed by atoms with Crippen molar-refractivity contribution in [1.82, 2.24) is 0 Å². The Hall–Kier alpha value is -1.85. The summed E-state index contributed by atoms with van der Waals surface area (Å²) in [5.74, 6) is 1.24. The van der Waals surface area contributed by atoms with Crippen LogP contribution in [0.25, 0.3) is 0 Å². The maximum absolute atomic E-state index is 11.1. The fourth-order valence-corrected chi connectivity index (χ4v) is 4.37. The minimum absolute atomic E-state index is 0.141. The fraction of sp³-hybridized carbons (Fsp3) is 0.556. The van der Waals surface area contributed by atoms with E-state index in [-0.39, 0.29) is 4.90 Å². The van der Waals surface area contributed by atoms with Crippen LogP contribution in [0.2, 0.25) is 0 Å². The molecule has 0 amide bonds. The minimum Gasteiger partial charge on any atom is -0.457 e. The van der Waals surface area contributed by atoms with Gasteiger partial charge in [0, 0.05) is 0 Å². The first-order chi connectivity index (χ1) is 15.5. The minimum atomic E-state index is -4.18. The zero-order chi connectivity index (χ0) is 23.1. The summed E-state index contributed by atoms with van der Waals surface area (Å²) < 4.78 is 37.0. The van der Waals surface area contributed by atoms with Crippen molar-refractivity contribution in [3.8, 4) is 11.5 Å². The van der Waals surface area contributed by atoms with Crippen LogP contribution in [0, 0.1) is 0 Å². The summed E-state index contributed by atoms with van der Waals surface area (Å²) in [6, 6.07) is 13.8. The Bertz CT molecular complexity index is 842. The maximum atomic E-state index is 11.1. The third-order valence-electron chi connectivity index (χ3n) is 5.85. The molecule has 0 radical (unpaired) electrons. The fourth-order valence-electron chi connectivity index (χ4n) is 3.89. The van der Waals surface area contributed by atoms with Gasteiger partial charge in [0.15, 0.2) is 0 Å². The van der Waals surface area contributed by atoms with Crippen molar-refractivity contribution in [2.45, 2.75) is 102 Å². The van der Waals surface area contributed by atoms with Gasteiger partial charge in [0.05, 0.1) is 4.90 Å². The third-order valence-corrected chi connectivity index (χ3v) is 6.72. The molecule has 0 bridgehead atoms. The number of ether oxygens (including phenoxy) is 1. The average molecular weight is 461 g/mol. The zero-order valence-corrected chi connectivity index (χ0v) is 20.4. The summed E-state index contributed by atoms with van der Waals surface area (Å²) in [6.07, 6.45) is 18.9. The molecule has 178 valence electrons. The predicted octanol–water partition coefficient (Wildman–Crippen LogP) is 8.36. The molecule has 5 heteroatoms. The molecule has 0 aromatic heterocycles. The zero-order valence-electron chi connectivity index (χ0n) is 19.6. The van der Waals surface area contributed by atoms with Crippen LogP contribution in [0.5, 0.6) is 11.5 Å². The van der Waals surface area contributed by atoms with E-state index in [2.05, 4.69) is 19.1 Å². The lowest BCUT2D eigenvalue weighted by Gasteiger charge is -2.08. The molecule has 0 atom stereocenters. The highest BCUT2D eigenvalue weighted by Gasteiger charge is 2.09. The molecule has 1 N–H and O–H groups in total. The van der Waals surface area contributed by atoms with Crippen molar-refractivity contribution in [3.05, 3.63) is 54.1 Å². The Balaban J connectivity index is 1.53. The first-order valence-electron chi connectivity index (χ1n) is 12.3. The molecular formula is C27H40O4S. The van der Waals surface area contributed by atoms with Crippen LogP contribution in [-0.4, -0.2) is 13.0 Å². The summed E-state index contributed by atoms with van der Waals surface area (Å²) in [7, 11) is -4.18. The van der Waals surface area contributed by atoms with E-state index in [1.807, 2.05) is 12.1 Å². The van der Waals surface area contributed by atoms with Crippen LogP contribution in [0.15, 0.2) is 53.4 Å². The van der Waals surface area contributed by atoms with Gasteiger partial charge in [0.25, 0.3) is 10.1 Å². The molecule has 2 aromatic rings. The van der Waals surface area contributed by atoms with Gasteiger partial charge >= 0.3 is 0 Å². The van der Waals surface area contributed by atoms with Crippen molar-refractivity contribution in [2.24, 2.45) is 0 Å². The Kier molecular flexibility index (Phi) is 12.4. The molecule has 2 rings (SSSR count). The van der Waals surface area contributed by atoms with E-state index in [0.717, 1.165) is 6.42 Å². The monoisotopic (exact) mass is 460 g/mol. The summed E-state index contributed by atoms with van der Waals surface area (Å²) >= 11 is 0. The van der Waals surface area contributed by atoms with Gasteiger partial charge in [0.1, 0.15) is 11.5 Å². The number of rotatable bonds is 17. The van der Waals surface area contributed by atoms with E-state index in [0.29, 0.717) is 11.5 Å². The van der Waals surface area contributed by atoms with E-state index in [9.17, 15) is 8.42 Å². The lowest BCUT2D eigenvalue weighted by atomic mass is 10.0. The Morgan fingerprint density at radius 1 is 0.625 bits per heavy atom. The Morgan fingerprint density at radius 3 is 1.47 bits per heavy atom. The van der Waals surface area contributed by atoms with Crippen molar-refractivity contribution in [1.29, 1.82) is 0 Å². The predicted molar refractivity (Wildman–Crippen MR) is 132 cm³/mol. The standard InChI is InChI=1S/C27H40O4S/c1-2-3-4-5-6-7-8-9-10-11-12-13-14-15-24-16-18-25(19-17-24)31-26-20-22-27(23-21-26)32(28,29)30/h16-23H,2-15H2,1H3,(H,28,29,30). The van der Waals surface area contributed by atoms with Gasteiger partial charge in [0.2, 0.25) is 0 Å². The van der Waals surface area contributed by atoms with Crippen LogP contribution in [0.4, 0.5) is 0 Å². The van der Waals surface area contributed by atoms with Gasteiger partial charge in [-0.25, -0.2) is 0 Å². The van der Waals surface area contributed by atoms with E-state index >= 15 is 0 Å². The first kappa shape index (κ1) is 26.4. The second-order valence-corrected chi connectivity index (χ2v) is 10.1. The smallest absolute Gasteiger partial charge is 0.294 e. The maximum Gasteiger partial charge on any atom is 0.294 e. The van der Waals surface area contributed by atoms with Crippen LogP contribution in [0.1, 0.15) is 96.0 Å². The van der Waals surface area contributed by atoms with Crippen molar-refractivity contribution in [3.63, 3.8) is 0 Å². The molecule has 0 saturated heterocycles. The number of aryl methyl sites for hydroxylation is 1. The molecule has 0 unspecified atom stereocenters. The quantitative estimate of drug-likeness (QED) is 0.190. The molecule has 4 nitrogen and oxygen atoms in total. The molecule has 0 aliphatic carbocycles. The van der Waals surface area contributed by atoms with Crippen molar-refractivity contribution < 1.29 is 17.7 Å². The Morgan fingerprint density at radius 2 is 1.03 bits per heavy atom. The van der Waals surface area contributed by atoms with E-state index < -0.39 is 10.1 Å². The molecule has 0 saturated carbocycles. The van der Waals surface area contributed by atoms with Gasteiger partial charge < -0.3 is 4.74 Å². The van der Waals surface area contributed by atoms with E-state index in [4.69, 9.17) is 9.29 Å². The van der Waals surface area contributed by atoms with E-state index in [1.54, 1.807) is 0 Å².